The third kappa shape index (κ3) is 6.38. The molecule has 2 aliphatic rings. The predicted molar refractivity (Wildman–Crippen MR) is 107 cm³/mol. The summed E-state index contributed by atoms with van der Waals surface area (Å²) in [6.45, 7) is 7.07. The van der Waals surface area contributed by atoms with E-state index in [2.05, 4.69) is 0 Å². The summed E-state index contributed by atoms with van der Waals surface area (Å²) in [5.41, 5.74) is 0. The van der Waals surface area contributed by atoms with Gasteiger partial charge in [-0.1, -0.05) is 13.8 Å². The van der Waals surface area contributed by atoms with E-state index < -0.39 is 72.8 Å². The van der Waals surface area contributed by atoms with Crippen LogP contribution < -0.4 is 0 Å². The lowest BCUT2D eigenvalue weighted by atomic mass is 9.75. The Morgan fingerprint density at radius 1 is 0.906 bits per heavy atom. The third-order valence-electron chi connectivity index (χ3n) is 5.98. The minimum Gasteiger partial charge on any atom is -0.463 e. The molecule has 1 saturated carbocycles. The Labute approximate surface area is 186 Å². The van der Waals surface area contributed by atoms with Gasteiger partial charge in [-0.05, 0) is 12.8 Å². The molecule has 1 saturated heterocycles. The minimum atomic E-state index is -1.59. The Morgan fingerprint density at radius 2 is 1.50 bits per heavy atom. The summed E-state index contributed by atoms with van der Waals surface area (Å²) in [4.78, 5) is 34.4. The monoisotopic (exact) mass is 462 g/mol. The molecule has 2 rings (SSSR count). The van der Waals surface area contributed by atoms with Gasteiger partial charge in [-0.2, -0.15) is 0 Å². The highest BCUT2D eigenvalue weighted by atomic mass is 16.7. The number of carbonyl (C=O) groups excluding carboxylic acids is 3. The summed E-state index contributed by atoms with van der Waals surface area (Å²) in [6, 6.07) is 0. The van der Waals surface area contributed by atoms with Gasteiger partial charge in [0.15, 0.2) is 6.29 Å². The van der Waals surface area contributed by atoms with Crippen molar-refractivity contribution >= 4 is 17.9 Å². The molecular weight excluding hydrogens is 428 g/mol. The van der Waals surface area contributed by atoms with Crippen molar-refractivity contribution in [1.82, 2.24) is 0 Å². The second-order valence-electron chi connectivity index (χ2n) is 8.40. The lowest BCUT2D eigenvalue weighted by molar-refractivity contribution is -0.322. The van der Waals surface area contributed by atoms with Gasteiger partial charge < -0.3 is 39.0 Å². The van der Waals surface area contributed by atoms with Crippen molar-refractivity contribution in [2.45, 2.75) is 96.5 Å². The molecule has 0 aromatic rings. The van der Waals surface area contributed by atoms with Crippen LogP contribution >= 0.6 is 0 Å². The Kier molecular flexibility index (Phi) is 9.40. The van der Waals surface area contributed by atoms with Crippen LogP contribution in [0.25, 0.3) is 0 Å². The first-order valence-corrected chi connectivity index (χ1v) is 10.8. The number of hydrogen-bond acceptors (Lipinski definition) is 11. The zero-order valence-electron chi connectivity index (χ0n) is 19.0. The Morgan fingerprint density at radius 3 is 2.03 bits per heavy atom. The van der Waals surface area contributed by atoms with E-state index in [4.69, 9.17) is 23.7 Å². The Bertz CT molecular complexity index is 668. The molecule has 0 aromatic carbocycles. The average Bonchev–Trinajstić information content (AvgIpc) is 2.71. The van der Waals surface area contributed by atoms with Crippen LogP contribution in [0.4, 0.5) is 0 Å². The van der Waals surface area contributed by atoms with E-state index in [1.165, 1.54) is 20.8 Å². The van der Waals surface area contributed by atoms with Crippen LogP contribution in [0.2, 0.25) is 0 Å². The number of hydrogen-bond donors (Lipinski definition) is 3. The van der Waals surface area contributed by atoms with Gasteiger partial charge in [0, 0.05) is 32.6 Å². The number of carbonyl (C=O) groups is 3. The molecule has 1 aliphatic carbocycles. The standard InChI is InChI=1S/C21H34O11/c1-6-13-7-14(9(2)19(29-11(4)23)20(13)30-12(5)24)31-21-18(27)17(26)16(25)15(32-21)8-28-10(3)22/h9,13-21,25-27H,6-8H2,1-5H3/t9-,13?,14-,15?,16+,17-,18?,19?,20+,21-/m0/s1. The molecule has 4 unspecified atom stereocenters. The molecule has 1 heterocycles. The van der Waals surface area contributed by atoms with Gasteiger partial charge in [0.2, 0.25) is 0 Å². The van der Waals surface area contributed by atoms with Gasteiger partial charge in [0.05, 0.1) is 6.10 Å². The highest BCUT2D eigenvalue weighted by Crippen LogP contribution is 2.38. The van der Waals surface area contributed by atoms with Crippen molar-refractivity contribution in [1.29, 1.82) is 0 Å². The summed E-state index contributed by atoms with van der Waals surface area (Å²) in [5.74, 6) is -2.27. The molecule has 0 spiro atoms. The SMILES string of the molecule is CCC1C[C@H](O[C@H]2OC(COC(C)=O)[C@@H](O)[C@H](O)C2O)[C@H](C)C(OC(C)=O)[C@@H]1OC(C)=O. The lowest BCUT2D eigenvalue weighted by Crippen LogP contribution is -2.61. The maximum absolute atomic E-state index is 11.7. The maximum atomic E-state index is 11.7. The predicted octanol–water partition coefficient (Wildman–Crippen LogP) is -0.328. The summed E-state index contributed by atoms with van der Waals surface area (Å²) < 4.78 is 27.4. The highest BCUT2D eigenvalue weighted by molar-refractivity contribution is 5.67. The molecule has 10 atom stereocenters. The minimum absolute atomic E-state index is 0.197. The van der Waals surface area contributed by atoms with E-state index in [1.54, 1.807) is 6.92 Å². The molecule has 184 valence electrons. The smallest absolute Gasteiger partial charge is 0.303 e. The average molecular weight is 462 g/mol. The van der Waals surface area contributed by atoms with Crippen LogP contribution in [0, 0.1) is 11.8 Å². The van der Waals surface area contributed by atoms with Crippen molar-refractivity contribution in [2.75, 3.05) is 6.61 Å². The molecule has 3 N–H and O–H groups in total. The van der Waals surface area contributed by atoms with Crippen LogP contribution in [-0.2, 0) is 38.1 Å². The molecule has 1 aliphatic heterocycles. The summed E-state index contributed by atoms with van der Waals surface area (Å²) in [5, 5.41) is 30.8. The fraction of sp³-hybridized carbons (Fsp3) is 0.857. The molecule has 11 heteroatoms. The van der Waals surface area contributed by atoms with Gasteiger partial charge in [-0.15, -0.1) is 0 Å². The van der Waals surface area contributed by atoms with Crippen LogP contribution in [0.1, 0.15) is 47.5 Å². The normalized spacial score (nSPS) is 39.8. The number of rotatable bonds is 7. The van der Waals surface area contributed by atoms with Crippen molar-refractivity contribution in [3.05, 3.63) is 0 Å². The van der Waals surface area contributed by atoms with Crippen LogP contribution in [-0.4, -0.2) is 88.9 Å². The van der Waals surface area contributed by atoms with E-state index in [1.807, 2.05) is 6.92 Å². The van der Waals surface area contributed by atoms with E-state index in [9.17, 15) is 29.7 Å². The molecule has 11 nitrogen and oxygen atoms in total. The lowest BCUT2D eigenvalue weighted by Gasteiger charge is -2.47. The van der Waals surface area contributed by atoms with Gasteiger partial charge in [0.25, 0.3) is 0 Å². The van der Waals surface area contributed by atoms with E-state index in [-0.39, 0.29) is 12.5 Å². The third-order valence-corrected chi connectivity index (χ3v) is 5.98. The second kappa shape index (κ2) is 11.4. The van der Waals surface area contributed by atoms with Gasteiger partial charge in [-0.3, -0.25) is 14.4 Å². The van der Waals surface area contributed by atoms with Gasteiger partial charge >= 0.3 is 17.9 Å². The summed E-state index contributed by atoms with van der Waals surface area (Å²) >= 11 is 0. The summed E-state index contributed by atoms with van der Waals surface area (Å²) in [7, 11) is 0. The Balaban J connectivity index is 2.20. The van der Waals surface area contributed by atoms with Crippen LogP contribution in [0.5, 0.6) is 0 Å². The molecule has 0 bridgehead atoms. The largest absolute Gasteiger partial charge is 0.463 e. The molecule has 2 fully saturated rings. The first-order chi connectivity index (χ1) is 15.0. The first kappa shape index (κ1) is 26.5. The van der Waals surface area contributed by atoms with Crippen molar-refractivity contribution in [2.24, 2.45) is 11.8 Å². The fourth-order valence-corrected chi connectivity index (χ4v) is 4.26. The number of aliphatic hydroxyl groups excluding tert-OH is 3. The van der Waals surface area contributed by atoms with Gasteiger partial charge in [0.1, 0.15) is 43.2 Å². The Hall–Kier alpha value is -1.79. The van der Waals surface area contributed by atoms with E-state index in [0.717, 1.165) is 0 Å². The van der Waals surface area contributed by atoms with E-state index in [0.29, 0.717) is 12.8 Å². The molecule has 0 radical (unpaired) electrons. The van der Waals surface area contributed by atoms with Crippen molar-refractivity contribution in [3.8, 4) is 0 Å². The zero-order valence-corrected chi connectivity index (χ0v) is 19.0. The zero-order chi connectivity index (χ0) is 24.2. The topological polar surface area (TPSA) is 158 Å². The number of ether oxygens (including phenoxy) is 5. The van der Waals surface area contributed by atoms with Crippen LogP contribution in [0.15, 0.2) is 0 Å². The van der Waals surface area contributed by atoms with Gasteiger partial charge in [-0.25, -0.2) is 0 Å². The number of esters is 3. The molecule has 0 aromatic heterocycles. The second-order valence-corrected chi connectivity index (χ2v) is 8.40. The maximum Gasteiger partial charge on any atom is 0.303 e. The molecule has 0 amide bonds. The molecule has 32 heavy (non-hydrogen) atoms. The molecular formula is C21H34O11. The quantitative estimate of drug-likeness (QED) is 0.336. The fourth-order valence-electron chi connectivity index (χ4n) is 4.26. The van der Waals surface area contributed by atoms with Crippen molar-refractivity contribution < 1.29 is 53.4 Å². The first-order valence-electron chi connectivity index (χ1n) is 10.8. The van der Waals surface area contributed by atoms with Crippen molar-refractivity contribution in [3.63, 3.8) is 0 Å². The van der Waals surface area contributed by atoms with Crippen LogP contribution in [0.3, 0.4) is 0 Å². The van der Waals surface area contributed by atoms with E-state index >= 15 is 0 Å². The summed E-state index contributed by atoms with van der Waals surface area (Å²) in [6.07, 6.45) is -8.10. The highest BCUT2D eigenvalue weighted by Gasteiger charge is 2.50. The number of aliphatic hydroxyl groups is 3.